The summed E-state index contributed by atoms with van der Waals surface area (Å²) in [5.74, 6) is 0.481. The summed E-state index contributed by atoms with van der Waals surface area (Å²) in [6, 6.07) is 22.8. The molecule has 0 saturated heterocycles. The summed E-state index contributed by atoms with van der Waals surface area (Å²) in [5.41, 5.74) is 3.28. The fourth-order valence-electron chi connectivity index (χ4n) is 5.45. The monoisotopic (exact) mass is 590 g/mol. The second-order valence-corrected chi connectivity index (χ2v) is 11.2. The minimum absolute atomic E-state index is 0.0112. The van der Waals surface area contributed by atoms with Crippen LogP contribution in [0.1, 0.15) is 13.7 Å². The molecule has 9 rings (SSSR count). The summed E-state index contributed by atoms with van der Waals surface area (Å²) in [7, 11) is 0. The highest BCUT2D eigenvalue weighted by Gasteiger charge is 2.19. The molecule has 0 aliphatic heterocycles. The van der Waals surface area contributed by atoms with Gasteiger partial charge in [-0.05, 0) is 35.3 Å². The number of fused-ring (bicyclic) bond motifs is 6. The van der Waals surface area contributed by atoms with Gasteiger partial charge in [-0.2, -0.15) is 9.97 Å². The van der Waals surface area contributed by atoms with E-state index in [1.165, 1.54) is 4.57 Å². The molecule has 44 heavy (non-hydrogen) atoms. The highest BCUT2D eigenvalue weighted by atomic mass is 32.1. The standard InChI is InChI=1S/C39H24N4S/c1-3-11-25(12-4-1)26-19-21-28(22-20-26)38-40-37(27-13-5-2-6-14-27)41-39(42-38)43-33-17-9-7-15-29(33)31-23-32-30-16-8-10-18-35(30)44-36(32)24-34(31)43/h1-24H/i7D,8D,9D,10D,15D,16D,17D,18D,23D,24D. The molecule has 0 bridgehead atoms. The summed E-state index contributed by atoms with van der Waals surface area (Å²) >= 11 is 0.956. The van der Waals surface area contributed by atoms with Crippen LogP contribution in [0.3, 0.4) is 0 Å². The minimum Gasteiger partial charge on any atom is -0.278 e. The van der Waals surface area contributed by atoms with E-state index in [-0.39, 0.29) is 83.7 Å². The van der Waals surface area contributed by atoms with Gasteiger partial charge in [-0.1, -0.05) is 121 Å². The maximum Gasteiger partial charge on any atom is 0.238 e. The molecule has 0 amide bonds. The number of para-hydroxylation sites is 1. The number of benzene rings is 6. The van der Waals surface area contributed by atoms with Crippen molar-refractivity contribution >= 4 is 53.3 Å². The average molecular weight is 591 g/mol. The molecule has 0 radical (unpaired) electrons. The zero-order valence-corrected chi connectivity index (χ0v) is 23.6. The number of thiophene rings is 1. The Hall–Kier alpha value is -5.65. The van der Waals surface area contributed by atoms with E-state index in [1.54, 1.807) is 0 Å². The van der Waals surface area contributed by atoms with Gasteiger partial charge in [-0.25, -0.2) is 4.98 Å². The molecule has 0 N–H and O–H groups in total. The zero-order valence-electron chi connectivity index (χ0n) is 32.8. The van der Waals surface area contributed by atoms with Crippen LogP contribution in [-0.2, 0) is 0 Å². The lowest BCUT2D eigenvalue weighted by Gasteiger charge is -2.11. The first-order chi connectivity index (χ1) is 26.0. The third-order valence-electron chi connectivity index (χ3n) is 7.52. The molecule has 0 aliphatic rings. The van der Waals surface area contributed by atoms with Gasteiger partial charge in [0.05, 0.1) is 24.7 Å². The van der Waals surface area contributed by atoms with Crippen molar-refractivity contribution in [2.45, 2.75) is 0 Å². The van der Waals surface area contributed by atoms with Crippen LogP contribution in [0.15, 0.2) is 145 Å². The van der Waals surface area contributed by atoms with Gasteiger partial charge in [-0.15, -0.1) is 11.3 Å². The van der Waals surface area contributed by atoms with Crippen LogP contribution >= 0.6 is 11.3 Å². The molecule has 0 aliphatic carbocycles. The third kappa shape index (κ3) is 4.02. The topological polar surface area (TPSA) is 43.6 Å². The van der Waals surface area contributed by atoms with Gasteiger partial charge < -0.3 is 0 Å². The van der Waals surface area contributed by atoms with E-state index in [0.717, 1.165) is 22.5 Å². The van der Waals surface area contributed by atoms with Crippen LogP contribution in [0.2, 0.25) is 0 Å². The predicted octanol–water partition coefficient (Wildman–Crippen LogP) is 10.3. The van der Waals surface area contributed by atoms with Gasteiger partial charge >= 0.3 is 0 Å². The lowest BCUT2D eigenvalue weighted by atomic mass is 10.0. The molecule has 3 heterocycles. The van der Waals surface area contributed by atoms with E-state index >= 15 is 0 Å². The van der Waals surface area contributed by atoms with Crippen molar-refractivity contribution in [3.63, 3.8) is 0 Å². The summed E-state index contributed by atoms with van der Waals surface area (Å²) in [6.07, 6.45) is 0. The molecule has 3 aromatic heterocycles. The molecule has 4 nitrogen and oxygen atoms in total. The van der Waals surface area contributed by atoms with Crippen molar-refractivity contribution in [1.29, 1.82) is 0 Å². The molecular formula is C39H24N4S. The van der Waals surface area contributed by atoms with E-state index in [4.69, 9.17) is 25.9 Å². The van der Waals surface area contributed by atoms with E-state index in [0.29, 0.717) is 11.1 Å². The highest BCUT2D eigenvalue weighted by molar-refractivity contribution is 7.25. The van der Waals surface area contributed by atoms with Crippen LogP contribution in [0.5, 0.6) is 0 Å². The van der Waals surface area contributed by atoms with E-state index in [9.17, 15) is 2.74 Å². The van der Waals surface area contributed by atoms with Gasteiger partial charge in [0.2, 0.25) is 5.95 Å². The normalized spacial score (nSPS) is 14.8. The molecule has 6 aromatic carbocycles. The van der Waals surface area contributed by atoms with Crippen molar-refractivity contribution in [2.24, 2.45) is 0 Å². The average Bonchev–Trinajstić information content (AvgIpc) is 3.79. The first kappa shape index (κ1) is 16.8. The third-order valence-corrected chi connectivity index (χ3v) is 8.54. The Morgan fingerprint density at radius 1 is 0.477 bits per heavy atom. The molecule has 0 saturated carbocycles. The van der Waals surface area contributed by atoms with Gasteiger partial charge in [0.1, 0.15) is 0 Å². The van der Waals surface area contributed by atoms with Crippen molar-refractivity contribution in [3.8, 4) is 39.9 Å². The highest BCUT2D eigenvalue weighted by Crippen LogP contribution is 2.40. The zero-order chi connectivity index (χ0) is 37.7. The Labute approximate surface area is 271 Å². The number of aromatic nitrogens is 4. The second-order valence-electron chi connectivity index (χ2n) is 10.1. The van der Waals surface area contributed by atoms with E-state index < -0.39 is 36.3 Å². The SMILES string of the molecule is [2H]c1c([2H])c([2H])c2c(sc3c([2H])c4c(c([2H])c32)c2c([2H])c([2H])c([2H])c([2H])c2n4-c2nc(-c3ccccc3)nc(-c3ccc(-c4ccccc4)cc3)n2)c1[2H]. The van der Waals surface area contributed by atoms with Crippen molar-refractivity contribution in [1.82, 2.24) is 19.5 Å². The van der Waals surface area contributed by atoms with Crippen LogP contribution in [0.25, 0.3) is 81.8 Å². The Bertz CT molecular complexity index is 3040. The maximum absolute atomic E-state index is 9.62. The molecule has 0 atom stereocenters. The Balaban J connectivity index is 1.43. The molecule has 9 aromatic rings. The van der Waals surface area contributed by atoms with Crippen LogP contribution in [0.4, 0.5) is 0 Å². The van der Waals surface area contributed by atoms with Crippen LogP contribution in [-0.4, -0.2) is 19.5 Å². The molecule has 5 heteroatoms. The van der Waals surface area contributed by atoms with Gasteiger partial charge in [0.15, 0.2) is 11.6 Å². The van der Waals surface area contributed by atoms with Crippen molar-refractivity contribution in [2.75, 3.05) is 0 Å². The molecule has 0 fully saturated rings. The molecule has 0 spiro atoms. The number of rotatable bonds is 4. The summed E-state index contributed by atoms with van der Waals surface area (Å²) in [4.78, 5) is 14.5. The van der Waals surface area contributed by atoms with Gasteiger partial charge in [0.25, 0.3) is 0 Å². The second kappa shape index (κ2) is 9.97. The van der Waals surface area contributed by atoms with Gasteiger partial charge in [-0.3, -0.25) is 4.57 Å². The lowest BCUT2D eigenvalue weighted by molar-refractivity contribution is 0.954. The smallest absolute Gasteiger partial charge is 0.238 e. The number of nitrogens with zero attached hydrogens (tertiary/aromatic N) is 4. The number of hydrogen-bond donors (Lipinski definition) is 0. The Morgan fingerprint density at radius 2 is 1.07 bits per heavy atom. The van der Waals surface area contributed by atoms with E-state index in [2.05, 4.69) is 0 Å². The van der Waals surface area contributed by atoms with Gasteiger partial charge in [0, 0.05) is 42.1 Å². The van der Waals surface area contributed by atoms with Crippen LogP contribution in [0, 0.1) is 0 Å². The summed E-state index contributed by atoms with van der Waals surface area (Å²) < 4.78 is 90.3. The lowest BCUT2D eigenvalue weighted by Crippen LogP contribution is -2.06. The quantitative estimate of drug-likeness (QED) is 0.205. The van der Waals surface area contributed by atoms with E-state index in [1.807, 2.05) is 84.9 Å². The minimum atomic E-state index is -0.533. The largest absolute Gasteiger partial charge is 0.278 e. The first-order valence-corrected chi connectivity index (χ1v) is 14.6. The summed E-state index contributed by atoms with van der Waals surface area (Å²) in [5, 5.41) is 0.158. The Kier molecular flexibility index (Phi) is 3.82. The molecule has 0 unspecified atom stereocenters. The maximum atomic E-state index is 9.62. The van der Waals surface area contributed by atoms with Crippen molar-refractivity contribution in [3.05, 3.63) is 145 Å². The fourth-order valence-corrected chi connectivity index (χ4v) is 6.41. The Morgan fingerprint density at radius 3 is 1.82 bits per heavy atom. The fraction of sp³-hybridized carbons (Fsp3) is 0. The predicted molar refractivity (Wildman–Crippen MR) is 183 cm³/mol. The van der Waals surface area contributed by atoms with Crippen LogP contribution < -0.4 is 0 Å². The molecular weight excluding hydrogens is 557 g/mol. The van der Waals surface area contributed by atoms with Crippen molar-refractivity contribution < 1.29 is 13.7 Å². The molecule has 206 valence electrons. The summed E-state index contributed by atoms with van der Waals surface area (Å²) in [6.45, 7) is 0. The number of hydrogen-bond acceptors (Lipinski definition) is 4. The first-order valence-electron chi connectivity index (χ1n) is 18.8.